The zero-order valence-electron chi connectivity index (χ0n) is 30.9. The Kier molecular flexibility index (Phi) is 10.8. The van der Waals surface area contributed by atoms with E-state index in [-0.39, 0.29) is 34.5 Å². The standard InChI is InChI=1S/C39H56ClNO7SSi/c1-38(2,3)50(6,7)48-36(27-10-8-12-31(21-27)47-49(5,43)44)32-16-13-29(32)23-41-24-39(19-9-11-26-20-30(40)15-17-33(26)39)25-46-35-18-14-28(22-34(35)41)37(42)45-4/h14-15,17-18,20,22,27,29,31-32,36H,8-13,16,19,21,23-25H2,1-7H3/t27-,29+,31-,32-,36-,39+/m1/s1. The average molecular weight is 746 g/mol. The van der Waals surface area contributed by atoms with Crippen molar-refractivity contribution in [3.05, 3.63) is 58.1 Å². The van der Waals surface area contributed by atoms with Gasteiger partial charge in [-0.05, 0) is 129 Å². The highest BCUT2D eigenvalue weighted by molar-refractivity contribution is 7.86. The summed E-state index contributed by atoms with van der Waals surface area (Å²) in [7, 11) is -4.30. The number of carbonyl (C=O) groups is 1. The molecule has 4 aliphatic rings. The number of esters is 1. The molecule has 6 atom stereocenters. The lowest BCUT2D eigenvalue weighted by atomic mass is 9.65. The summed E-state index contributed by atoms with van der Waals surface area (Å²) < 4.78 is 49.1. The van der Waals surface area contributed by atoms with Crippen molar-refractivity contribution in [3.8, 4) is 5.75 Å². The topological polar surface area (TPSA) is 91.4 Å². The molecule has 0 N–H and O–H groups in total. The van der Waals surface area contributed by atoms with E-state index in [0.717, 1.165) is 87.2 Å². The van der Waals surface area contributed by atoms with E-state index in [9.17, 15) is 13.2 Å². The predicted octanol–water partition coefficient (Wildman–Crippen LogP) is 8.55. The number of carbonyl (C=O) groups excluding carboxylic acids is 1. The Morgan fingerprint density at radius 1 is 1.10 bits per heavy atom. The fourth-order valence-corrected chi connectivity index (χ4v) is 11.0. The van der Waals surface area contributed by atoms with Crippen LogP contribution in [-0.2, 0) is 35.3 Å². The van der Waals surface area contributed by atoms with Gasteiger partial charge in [0.05, 0.1) is 43.4 Å². The largest absolute Gasteiger partial charge is 0.490 e. The van der Waals surface area contributed by atoms with E-state index in [0.29, 0.717) is 30.4 Å². The van der Waals surface area contributed by atoms with Gasteiger partial charge in [0.1, 0.15) is 5.75 Å². The van der Waals surface area contributed by atoms with Gasteiger partial charge in [0.2, 0.25) is 0 Å². The molecule has 2 aromatic carbocycles. The van der Waals surface area contributed by atoms with Gasteiger partial charge in [0.25, 0.3) is 10.1 Å². The molecule has 1 spiro atoms. The van der Waals surface area contributed by atoms with Crippen molar-refractivity contribution in [1.29, 1.82) is 0 Å². The lowest BCUT2D eigenvalue weighted by molar-refractivity contribution is -0.0368. The second kappa shape index (κ2) is 14.4. The van der Waals surface area contributed by atoms with E-state index in [1.165, 1.54) is 18.2 Å². The number of fused-ring (bicyclic) bond motifs is 3. The highest BCUT2D eigenvalue weighted by atomic mass is 35.5. The van der Waals surface area contributed by atoms with Gasteiger partial charge in [-0.15, -0.1) is 0 Å². The van der Waals surface area contributed by atoms with Crippen LogP contribution in [0.25, 0.3) is 0 Å². The van der Waals surface area contributed by atoms with E-state index in [2.05, 4.69) is 50.9 Å². The van der Waals surface area contributed by atoms with Crippen LogP contribution in [0, 0.1) is 17.8 Å². The Labute approximate surface area is 305 Å². The van der Waals surface area contributed by atoms with E-state index in [1.807, 2.05) is 18.2 Å². The normalized spacial score (nSPS) is 27.7. The number of anilines is 1. The minimum absolute atomic E-state index is 0.0243. The van der Waals surface area contributed by atoms with Crippen molar-refractivity contribution in [2.75, 3.05) is 38.0 Å². The smallest absolute Gasteiger partial charge is 0.337 e. The molecule has 0 aromatic heterocycles. The molecule has 0 amide bonds. The van der Waals surface area contributed by atoms with Crippen LogP contribution in [0.2, 0.25) is 23.2 Å². The molecule has 0 radical (unpaired) electrons. The molecule has 11 heteroatoms. The summed E-state index contributed by atoms with van der Waals surface area (Å²) in [4.78, 5) is 15.2. The Hall–Kier alpha value is -2.11. The predicted molar refractivity (Wildman–Crippen MR) is 202 cm³/mol. The summed E-state index contributed by atoms with van der Waals surface area (Å²) in [6.45, 7) is 13.6. The molecule has 0 saturated heterocycles. The lowest BCUT2D eigenvalue weighted by Crippen LogP contribution is -2.54. The molecular formula is C39H56ClNO7SSi. The summed E-state index contributed by atoms with van der Waals surface area (Å²) in [5.41, 5.74) is 3.81. The summed E-state index contributed by atoms with van der Waals surface area (Å²) in [6, 6.07) is 12.0. The van der Waals surface area contributed by atoms with Crippen molar-refractivity contribution in [3.63, 3.8) is 0 Å². The minimum Gasteiger partial charge on any atom is -0.490 e. The molecule has 1 aliphatic heterocycles. The summed E-state index contributed by atoms with van der Waals surface area (Å²) in [5.74, 6) is 1.34. The van der Waals surface area contributed by atoms with Crippen molar-refractivity contribution in [1.82, 2.24) is 0 Å². The second-order valence-corrected chi connectivity index (χ2v) is 23.8. The first kappa shape index (κ1) is 37.6. The van der Waals surface area contributed by atoms with Gasteiger partial charge in [0.15, 0.2) is 8.32 Å². The molecule has 2 saturated carbocycles. The number of halogens is 1. The molecule has 0 bridgehead atoms. The van der Waals surface area contributed by atoms with Crippen LogP contribution in [0.3, 0.4) is 0 Å². The molecule has 0 unspecified atom stereocenters. The summed E-state index contributed by atoms with van der Waals surface area (Å²) in [5, 5.41) is 0.798. The Morgan fingerprint density at radius 3 is 2.56 bits per heavy atom. The Morgan fingerprint density at radius 2 is 1.88 bits per heavy atom. The molecule has 50 heavy (non-hydrogen) atoms. The number of nitrogens with zero attached hydrogens (tertiary/aromatic N) is 1. The first-order chi connectivity index (χ1) is 23.5. The molecule has 3 aliphatic carbocycles. The number of hydrogen-bond donors (Lipinski definition) is 0. The molecule has 6 rings (SSSR count). The third-order valence-electron chi connectivity index (χ3n) is 12.5. The van der Waals surface area contributed by atoms with Gasteiger partial charge in [-0.3, -0.25) is 4.18 Å². The third kappa shape index (κ3) is 7.94. The quantitative estimate of drug-likeness (QED) is 0.143. The molecule has 276 valence electrons. The van der Waals surface area contributed by atoms with Gasteiger partial charge in [-0.1, -0.05) is 44.9 Å². The fraction of sp³-hybridized carbons (Fsp3) is 0.667. The number of benzene rings is 2. The molecule has 2 fully saturated rings. The number of methoxy groups -OCH3 is 1. The summed E-state index contributed by atoms with van der Waals surface area (Å²) in [6.07, 6.45) is 9.48. The van der Waals surface area contributed by atoms with E-state index in [4.69, 9.17) is 29.7 Å². The van der Waals surface area contributed by atoms with Gasteiger partial charge in [0, 0.05) is 23.5 Å². The third-order valence-corrected chi connectivity index (χ3v) is 17.8. The van der Waals surface area contributed by atoms with E-state index < -0.39 is 18.4 Å². The van der Waals surface area contributed by atoms with Gasteiger partial charge < -0.3 is 18.8 Å². The monoisotopic (exact) mass is 745 g/mol. The van der Waals surface area contributed by atoms with Crippen LogP contribution in [0.5, 0.6) is 5.75 Å². The van der Waals surface area contributed by atoms with E-state index in [1.54, 1.807) is 6.07 Å². The zero-order valence-corrected chi connectivity index (χ0v) is 33.5. The van der Waals surface area contributed by atoms with Crippen LogP contribution in [0.4, 0.5) is 5.69 Å². The van der Waals surface area contributed by atoms with Gasteiger partial charge >= 0.3 is 5.97 Å². The van der Waals surface area contributed by atoms with Crippen molar-refractivity contribution in [2.45, 2.75) is 114 Å². The number of rotatable bonds is 9. The molecule has 2 aromatic rings. The second-order valence-electron chi connectivity index (χ2n) is 17.0. The first-order valence-corrected chi connectivity index (χ1v) is 23.5. The fourth-order valence-electron chi connectivity index (χ4n) is 8.76. The SMILES string of the molecule is COC(=O)c1ccc2c(c1)N(C[C@@H]1CC[C@H]1[C@H](O[Si](C)(C)C(C)(C)C)[C@@H]1CCC[C@@H](OS(C)(=O)=O)C1)C[C@@]1(CCCc3cc(Cl)ccc31)CO2. The summed E-state index contributed by atoms with van der Waals surface area (Å²) >= 11 is 6.49. The molecule has 8 nitrogen and oxygen atoms in total. The van der Waals surface area contributed by atoms with Crippen LogP contribution < -0.4 is 9.64 Å². The maximum Gasteiger partial charge on any atom is 0.337 e. The Bertz CT molecular complexity index is 1680. The maximum atomic E-state index is 12.8. The minimum atomic E-state index is -3.54. The van der Waals surface area contributed by atoms with Crippen LogP contribution in [0.15, 0.2) is 36.4 Å². The highest BCUT2D eigenvalue weighted by Crippen LogP contribution is 2.50. The number of hydrogen-bond acceptors (Lipinski definition) is 8. The maximum absolute atomic E-state index is 12.8. The van der Waals surface area contributed by atoms with Crippen molar-refractivity contribution in [2.24, 2.45) is 17.8 Å². The van der Waals surface area contributed by atoms with Crippen LogP contribution in [-0.4, -0.2) is 68.0 Å². The van der Waals surface area contributed by atoms with Crippen molar-refractivity contribution < 1.29 is 31.3 Å². The van der Waals surface area contributed by atoms with E-state index >= 15 is 0 Å². The Balaban J connectivity index is 1.34. The molecule has 1 heterocycles. The lowest BCUT2D eigenvalue weighted by Gasteiger charge is -2.52. The molecular weight excluding hydrogens is 690 g/mol. The first-order valence-electron chi connectivity index (χ1n) is 18.4. The number of aryl methyl sites for hydroxylation is 1. The highest BCUT2D eigenvalue weighted by Gasteiger charge is 2.49. The van der Waals surface area contributed by atoms with Crippen LogP contribution in [0.1, 0.15) is 93.6 Å². The number of ether oxygens (including phenoxy) is 2. The van der Waals surface area contributed by atoms with Crippen molar-refractivity contribution >= 4 is 41.7 Å². The zero-order chi connectivity index (χ0) is 36.1. The van der Waals surface area contributed by atoms with Crippen LogP contribution >= 0.6 is 11.6 Å². The average Bonchev–Trinajstić information content (AvgIpc) is 3.17. The van der Waals surface area contributed by atoms with Gasteiger partial charge in [-0.25, -0.2) is 4.79 Å². The van der Waals surface area contributed by atoms with Gasteiger partial charge in [-0.2, -0.15) is 8.42 Å².